The summed E-state index contributed by atoms with van der Waals surface area (Å²) in [5, 5.41) is 12.6. The topological polar surface area (TPSA) is 166 Å². The first kappa shape index (κ1) is 25.0. The molecule has 0 saturated carbocycles. The third-order valence-electron chi connectivity index (χ3n) is 4.64. The Balaban J connectivity index is 1.82. The van der Waals surface area contributed by atoms with E-state index in [0.29, 0.717) is 0 Å². The number of Topliss-reactive ketones (excluding diaryl/α,β-unsaturated/α-hetero) is 1. The fourth-order valence-electron chi connectivity index (χ4n) is 2.88. The first-order valence-corrected chi connectivity index (χ1v) is 10.9. The zero-order chi connectivity index (χ0) is 23.3. The number of nitrogens with zero attached hydrogens (tertiary/aromatic N) is 1. The Morgan fingerprint density at radius 2 is 2.03 bits per heavy atom. The molecule has 0 bridgehead atoms. The molecule has 31 heavy (non-hydrogen) atoms. The standard InChI is InChI=1S/C18H26N3O9P/c1-9(2)16(24)11(4)29-17(25)10(3)20-31(27)28-8-13-12(22)7-15(30-13)21-6-5-14(23)19-18(21)26/h5-6,9-13,15,22H,7-8H2,1-4H3,(H-,19,20,23,26,27)/p+1/t10-,11-,12-,13+,15+/m0/s1. The Kier molecular flexibility index (Phi) is 8.78. The molecule has 0 aliphatic carbocycles. The SMILES string of the molecule is CC(C)C(=O)[C@H](C)OC(=O)[C@H](C)N[P+](=O)OC[C@H]1O[C@@H](n2ccc(=O)[nH]c2=O)C[C@@H]1O. The van der Waals surface area contributed by atoms with Crippen molar-refractivity contribution in [2.24, 2.45) is 5.92 Å². The van der Waals surface area contributed by atoms with Crippen LogP contribution in [0.15, 0.2) is 21.9 Å². The fraction of sp³-hybridized carbons (Fsp3) is 0.667. The van der Waals surface area contributed by atoms with Crippen LogP contribution in [0.5, 0.6) is 0 Å². The van der Waals surface area contributed by atoms with Crippen molar-refractivity contribution in [2.45, 2.75) is 64.7 Å². The molecule has 2 heterocycles. The van der Waals surface area contributed by atoms with E-state index < -0.39 is 56.0 Å². The molecule has 1 unspecified atom stereocenters. The van der Waals surface area contributed by atoms with Gasteiger partial charge in [0.05, 0.1) is 6.10 Å². The monoisotopic (exact) mass is 460 g/mol. The minimum Gasteiger partial charge on any atom is -0.453 e. The summed E-state index contributed by atoms with van der Waals surface area (Å²) in [6.45, 7) is 5.98. The number of aliphatic hydroxyl groups excluding tert-OH is 1. The normalized spacial score (nSPS) is 23.4. The Hall–Kier alpha value is -2.24. The van der Waals surface area contributed by atoms with Crippen molar-refractivity contribution in [3.8, 4) is 0 Å². The van der Waals surface area contributed by atoms with E-state index in [-0.39, 0.29) is 24.7 Å². The first-order valence-electron chi connectivity index (χ1n) is 9.75. The predicted molar refractivity (Wildman–Crippen MR) is 107 cm³/mol. The number of hydrogen-bond acceptors (Lipinski definition) is 9. The molecule has 1 aliphatic rings. The van der Waals surface area contributed by atoms with Crippen LogP contribution >= 0.6 is 8.18 Å². The minimum absolute atomic E-state index is 0.0642. The van der Waals surface area contributed by atoms with Crippen molar-refractivity contribution in [3.63, 3.8) is 0 Å². The summed E-state index contributed by atoms with van der Waals surface area (Å²) in [5.41, 5.74) is -1.24. The molecule has 12 nitrogen and oxygen atoms in total. The van der Waals surface area contributed by atoms with Crippen molar-refractivity contribution in [1.82, 2.24) is 14.6 Å². The third kappa shape index (κ3) is 6.88. The number of ketones is 1. The number of carbonyl (C=O) groups is 2. The lowest BCUT2D eigenvalue weighted by atomic mass is 10.1. The van der Waals surface area contributed by atoms with Crippen LogP contribution in [0, 0.1) is 5.92 Å². The average Bonchev–Trinajstić information content (AvgIpc) is 3.05. The second kappa shape index (κ2) is 10.9. The number of rotatable bonds is 10. The fourth-order valence-corrected chi connectivity index (χ4v) is 3.66. The minimum atomic E-state index is -2.51. The van der Waals surface area contributed by atoms with Crippen molar-refractivity contribution in [1.29, 1.82) is 0 Å². The van der Waals surface area contributed by atoms with Gasteiger partial charge in [0.15, 0.2) is 11.9 Å². The predicted octanol–water partition coefficient (Wildman–Crippen LogP) is -0.00610. The van der Waals surface area contributed by atoms with Gasteiger partial charge in [-0.25, -0.2) is 4.79 Å². The lowest BCUT2D eigenvalue weighted by Gasteiger charge is -2.16. The Morgan fingerprint density at radius 1 is 1.35 bits per heavy atom. The average molecular weight is 460 g/mol. The van der Waals surface area contributed by atoms with Gasteiger partial charge < -0.3 is 14.6 Å². The molecule has 6 atom stereocenters. The highest BCUT2D eigenvalue weighted by Gasteiger charge is 2.38. The highest BCUT2D eigenvalue weighted by molar-refractivity contribution is 7.36. The van der Waals surface area contributed by atoms with Gasteiger partial charge in [-0.3, -0.25) is 23.9 Å². The van der Waals surface area contributed by atoms with Crippen molar-refractivity contribution in [3.05, 3.63) is 33.1 Å². The van der Waals surface area contributed by atoms with Gasteiger partial charge in [0.2, 0.25) is 0 Å². The van der Waals surface area contributed by atoms with E-state index in [2.05, 4.69) is 10.1 Å². The van der Waals surface area contributed by atoms with E-state index >= 15 is 0 Å². The Bertz CT molecular complexity index is 928. The molecule has 1 aromatic heterocycles. The molecule has 1 fully saturated rings. The molecule has 1 aromatic rings. The maximum atomic E-state index is 12.1. The summed E-state index contributed by atoms with van der Waals surface area (Å²) in [6, 6.07) is 0.144. The lowest BCUT2D eigenvalue weighted by Crippen LogP contribution is -2.37. The molecule has 0 radical (unpaired) electrons. The lowest BCUT2D eigenvalue weighted by molar-refractivity contribution is -0.156. The van der Waals surface area contributed by atoms with Crippen LogP contribution in [-0.2, 0) is 28.2 Å². The molecular formula is C18H27N3O9P+. The maximum absolute atomic E-state index is 12.1. The number of nitrogens with one attached hydrogen (secondary N) is 2. The number of carbonyl (C=O) groups excluding carboxylic acids is 2. The molecular weight excluding hydrogens is 433 g/mol. The quantitative estimate of drug-likeness (QED) is 0.319. The van der Waals surface area contributed by atoms with Crippen molar-refractivity contribution in [2.75, 3.05) is 6.61 Å². The second-order valence-electron chi connectivity index (χ2n) is 7.49. The summed E-state index contributed by atoms with van der Waals surface area (Å²) >= 11 is 0. The van der Waals surface area contributed by atoms with Gasteiger partial charge in [0.25, 0.3) is 5.56 Å². The van der Waals surface area contributed by atoms with E-state index in [0.717, 1.165) is 10.6 Å². The van der Waals surface area contributed by atoms with E-state index in [1.807, 2.05) is 0 Å². The maximum Gasteiger partial charge on any atom is 0.613 e. The smallest absolute Gasteiger partial charge is 0.453 e. The number of esters is 1. The molecule has 1 aliphatic heterocycles. The van der Waals surface area contributed by atoms with Gasteiger partial charge in [-0.2, -0.15) is 0 Å². The number of aromatic nitrogens is 2. The molecule has 3 N–H and O–H groups in total. The number of aromatic amines is 1. The molecule has 0 aromatic carbocycles. The van der Waals surface area contributed by atoms with Crippen LogP contribution in [0.25, 0.3) is 0 Å². The number of H-pyrrole nitrogens is 1. The zero-order valence-electron chi connectivity index (χ0n) is 17.6. The molecule has 0 amide bonds. The summed E-state index contributed by atoms with van der Waals surface area (Å²) < 4.78 is 29.0. The van der Waals surface area contributed by atoms with Crippen LogP contribution < -0.4 is 16.3 Å². The van der Waals surface area contributed by atoms with E-state index in [4.69, 9.17) is 14.0 Å². The van der Waals surface area contributed by atoms with Crippen molar-refractivity contribution < 1.29 is 33.3 Å². The molecule has 2 rings (SSSR count). The largest absolute Gasteiger partial charge is 0.613 e. The Labute approximate surface area is 178 Å². The number of aliphatic hydroxyl groups is 1. The molecule has 172 valence electrons. The second-order valence-corrected chi connectivity index (χ2v) is 8.52. The summed E-state index contributed by atoms with van der Waals surface area (Å²) in [5.74, 6) is -1.28. The van der Waals surface area contributed by atoms with Gasteiger partial charge in [0.1, 0.15) is 25.0 Å². The molecule has 0 spiro atoms. The third-order valence-corrected chi connectivity index (χ3v) is 5.62. The first-order chi connectivity index (χ1) is 14.5. The van der Waals surface area contributed by atoms with Crippen LogP contribution in [0.1, 0.15) is 40.3 Å². The summed E-state index contributed by atoms with van der Waals surface area (Å²) in [6.07, 6.45) is -2.32. The van der Waals surface area contributed by atoms with E-state index in [9.17, 15) is 28.8 Å². The van der Waals surface area contributed by atoms with Gasteiger partial charge in [-0.1, -0.05) is 18.9 Å². The van der Waals surface area contributed by atoms with Crippen LogP contribution in [0.3, 0.4) is 0 Å². The van der Waals surface area contributed by atoms with Crippen LogP contribution in [0.2, 0.25) is 0 Å². The van der Waals surface area contributed by atoms with Crippen LogP contribution in [-0.4, -0.2) is 57.4 Å². The zero-order valence-corrected chi connectivity index (χ0v) is 18.5. The van der Waals surface area contributed by atoms with Gasteiger partial charge in [-0.15, -0.1) is 4.52 Å². The van der Waals surface area contributed by atoms with Gasteiger partial charge in [0, 0.05) is 24.6 Å². The van der Waals surface area contributed by atoms with Crippen LogP contribution in [0.4, 0.5) is 0 Å². The molecule has 13 heteroatoms. The summed E-state index contributed by atoms with van der Waals surface area (Å²) in [7, 11) is -2.51. The number of hydrogen-bond donors (Lipinski definition) is 3. The van der Waals surface area contributed by atoms with Gasteiger partial charge >= 0.3 is 19.8 Å². The molecule has 1 saturated heterocycles. The summed E-state index contributed by atoms with van der Waals surface area (Å²) in [4.78, 5) is 48.9. The van der Waals surface area contributed by atoms with Gasteiger partial charge in [-0.05, 0) is 18.4 Å². The van der Waals surface area contributed by atoms with E-state index in [1.54, 1.807) is 13.8 Å². The highest BCUT2D eigenvalue weighted by atomic mass is 31.1. The van der Waals surface area contributed by atoms with E-state index in [1.165, 1.54) is 20.0 Å². The Morgan fingerprint density at radius 3 is 2.65 bits per heavy atom. The number of ether oxygens (including phenoxy) is 2. The highest BCUT2D eigenvalue weighted by Crippen LogP contribution is 2.29. The van der Waals surface area contributed by atoms with Crippen molar-refractivity contribution >= 4 is 19.9 Å².